The van der Waals surface area contributed by atoms with E-state index in [0.29, 0.717) is 5.92 Å². The molecule has 18 heavy (non-hydrogen) atoms. The van der Waals surface area contributed by atoms with E-state index in [1.165, 1.54) is 6.07 Å². The highest BCUT2D eigenvalue weighted by atomic mass is 19.1. The summed E-state index contributed by atoms with van der Waals surface area (Å²) in [7, 11) is 0. The van der Waals surface area contributed by atoms with Crippen molar-refractivity contribution >= 4 is 5.78 Å². The quantitative estimate of drug-likeness (QED) is 0.727. The normalized spacial score (nSPS) is 12.8. The number of rotatable bonds is 6. The Kier molecular flexibility index (Phi) is 5.41. The minimum atomic E-state index is -0.847. The molecular weight excluding hydrogens is 238 g/mol. The SMILES string of the molecule is CC(C)CC(C)OCC(=O)c1c(F)cccc1F. The zero-order valence-corrected chi connectivity index (χ0v) is 10.9. The van der Waals surface area contributed by atoms with Gasteiger partial charge in [-0.15, -0.1) is 0 Å². The largest absolute Gasteiger partial charge is 0.370 e. The molecule has 0 aromatic heterocycles. The molecule has 0 aliphatic carbocycles. The summed E-state index contributed by atoms with van der Waals surface area (Å²) in [6, 6.07) is 3.35. The summed E-state index contributed by atoms with van der Waals surface area (Å²) in [5, 5.41) is 0. The molecule has 0 aliphatic rings. The summed E-state index contributed by atoms with van der Waals surface area (Å²) in [4.78, 5) is 11.7. The average Bonchev–Trinajstić information content (AvgIpc) is 2.25. The zero-order chi connectivity index (χ0) is 13.7. The third-order valence-corrected chi connectivity index (χ3v) is 2.54. The molecule has 0 radical (unpaired) electrons. The number of ketones is 1. The first-order valence-corrected chi connectivity index (χ1v) is 6.00. The minimum Gasteiger partial charge on any atom is -0.370 e. The maximum absolute atomic E-state index is 13.3. The van der Waals surface area contributed by atoms with Gasteiger partial charge in [-0.25, -0.2) is 8.78 Å². The standard InChI is InChI=1S/C14H18F2O2/c1-9(2)7-10(3)18-8-13(17)14-11(15)5-4-6-12(14)16/h4-6,9-10H,7-8H2,1-3H3. The minimum absolute atomic E-state index is 0.108. The zero-order valence-electron chi connectivity index (χ0n) is 10.9. The topological polar surface area (TPSA) is 26.3 Å². The summed E-state index contributed by atoms with van der Waals surface area (Å²) in [6.45, 7) is 5.62. The van der Waals surface area contributed by atoms with E-state index in [0.717, 1.165) is 18.6 Å². The van der Waals surface area contributed by atoms with Crippen LogP contribution < -0.4 is 0 Å². The van der Waals surface area contributed by atoms with Crippen LogP contribution in [0, 0.1) is 17.6 Å². The van der Waals surface area contributed by atoms with Gasteiger partial charge < -0.3 is 4.74 Å². The summed E-state index contributed by atoms with van der Waals surface area (Å²) in [5.74, 6) is -1.92. The fraction of sp³-hybridized carbons (Fsp3) is 0.500. The second-order valence-corrected chi connectivity index (χ2v) is 4.77. The van der Waals surface area contributed by atoms with E-state index < -0.39 is 23.0 Å². The van der Waals surface area contributed by atoms with E-state index in [1.54, 1.807) is 0 Å². The predicted molar refractivity (Wildman–Crippen MR) is 65.6 cm³/mol. The smallest absolute Gasteiger partial charge is 0.194 e. The van der Waals surface area contributed by atoms with Crippen molar-refractivity contribution in [3.63, 3.8) is 0 Å². The van der Waals surface area contributed by atoms with Crippen molar-refractivity contribution in [3.05, 3.63) is 35.4 Å². The van der Waals surface area contributed by atoms with Gasteiger partial charge in [0.2, 0.25) is 0 Å². The predicted octanol–water partition coefficient (Wildman–Crippen LogP) is 3.60. The van der Waals surface area contributed by atoms with Crippen LogP contribution in [0.2, 0.25) is 0 Å². The monoisotopic (exact) mass is 256 g/mol. The van der Waals surface area contributed by atoms with Gasteiger partial charge in [0.1, 0.15) is 18.2 Å². The molecule has 1 rings (SSSR count). The Labute approximate surface area is 106 Å². The number of carbonyl (C=O) groups excluding carboxylic acids is 1. The maximum Gasteiger partial charge on any atom is 0.194 e. The third-order valence-electron chi connectivity index (χ3n) is 2.54. The van der Waals surface area contributed by atoms with Crippen LogP contribution in [0.1, 0.15) is 37.6 Å². The molecule has 0 N–H and O–H groups in total. The number of Topliss-reactive ketones (excluding diaryl/α,β-unsaturated/α-hetero) is 1. The van der Waals surface area contributed by atoms with Crippen molar-refractivity contribution in [2.24, 2.45) is 5.92 Å². The van der Waals surface area contributed by atoms with E-state index >= 15 is 0 Å². The Balaban J connectivity index is 2.61. The Morgan fingerprint density at radius 2 is 1.78 bits per heavy atom. The molecule has 4 heteroatoms. The molecule has 100 valence electrons. The van der Waals surface area contributed by atoms with Gasteiger partial charge in [0.15, 0.2) is 5.78 Å². The number of benzene rings is 1. The van der Waals surface area contributed by atoms with Crippen LogP contribution >= 0.6 is 0 Å². The number of ether oxygens (including phenoxy) is 1. The maximum atomic E-state index is 13.3. The molecule has 1 unspecified atom stereocenters. The van der Waals surface area contributed by atoms with Gasteiger partial charge in [-0.2, -0.15) is 0 Å². The highest BCUT2D eigenvalue weighted by molar-refractivity contribution is 5.97. The molecule has 0 aliphatic heterocycles. The molecule has 1 aromatic rings. The second kappa shape index (κ2) is 6.59. The summed E-state index contributed by atoms with van der Waals surface area (Å²) in [5.41, 5.74) is -0.519. The van der Waals surface area contributed by atoms with Gasteiger partial charge in [0.25, 0.3) is 0 Å². The number of halogens is 2. The van der Waals surface area contributed by atoms with E-state index in [1.807, 2.05) is 20.8 Å². The van der Waals surface area contributed by atoms with Crippen LogP contribution in [0.25, 0.3) is 0 Å². The first kappa shape index (κ1) is 14.8. The molecule has 0 bridgehead atoms. The van der Waals surface area contributed by atoms with Gasteiger partial charge in [0, 0.05) is 0 Å². The fourth-order valence-electron chi connectivity index (χ4n) is 1.79. The summed E-state index contributed by atoms with van der Waals surface area (Å²) < 4.78 is 31.9. The Morgan fingerprint density at radius 3 is 2.28 bits per heavy atom. The molecule has 1 aromatic carbocycles. The molecule has 0 fully saturated rings. The summed E-state index contributed by atoms with van der Waals surface area (Å²) >= 11 is 0. The lowest BCUT2D eigenvalue weighted by atomic mass is 10.1. The van der Waals surface area contributed by atoms with Crippen LogP contribution in [0.5, 0.6) is 0 Å². The van der Waals surface area contributed by atoms with Crippen molar-refractivity contribution in [3.8, 4) is 0 Å². The van der Waals surface area contributed by atoms with Crippen LogP contribution in [0.4, 0.5) is 8.78 Å². The van der Waals surface area contributed by atoms with Gasteiger partial charge in [-0.3, -0.25) is 4.79 Å². The number of hydrogen-bond donors (Lipinski definition) is 0. The average molecular weight is 256 g/mol. The number of hydrogen-bond acceptors (Lipinski definition) is 2. The molecule has 0 amide bonds. The molecular formula is C14H18F2O2. The molecule has 1 atom stereocenters. The summed E-state index contributed by atoms with van der Waals surface area (Å²) in [6.07, 6.45) is 0.691. The van der Waals surface area contributed by atoms with E-state index in [-0.39, 0.29) is 12.7 Å². The third kappa shape index (κ3) is 4.18. The first-order valence-electron chi connectivity index (χ1n) is 6.00. The van der Waals surface area contributed by atoms with Crippen LogP contribution in [0.15, 0.2) is 18.2 Å². The van der Waals surface area contributed by atoms with Crippen molar-refractivity contribution in [2.45, 2.75) is 33.3 Å². The molecule has 0 spiro atoms. The van der Waals surface area contributed by atoms with Gasteiger partial charge in [0.05, 0.1) is 11.7 Å². The second-order valence-electron chi connectivity index (χ2n) is 4.77. The van der Waals surface area contributed by atoms with Crippen molar-refractivity contribution < 1.29 is 18.3 Å². The lowest BCUT2D eigenvalue weighted by molar-refractivity contribution is 0.0439. The molecule has 0 saturated heterocycles. The van der Waals surface area contributed by atoms with Crippen LogP contribution in [-0.2, 0) is 4.74 Å². The van der Waals surface area contributed by atoms with Gasteiger partial charge in [-0.1, -0.05) is 19.9 Å². The highest BCUT2D eigenvalue weighted by Crippen LogP contribution is 2.14. The van der Waals surface area contributed by atoms with Gasteiger partial charge >= 0.3 is 0 Å². The van der Waals surface area contributed by atoms with E-state index in [2.05, 4.69) is 0 Å². The van der Waals surface area contributed by atoms with Crippen molar-refractivity contribution in [2.75, 3.05) is 6.61 Å². The fourth-order valence-corrected chi connectivity index (χ4v) is 1.79. The Hall–Kier alpha value is -1.29. The van der Waals surface area contributed by atoms with Crippen molar-refractivity contribution in [1.82, 2.24) is 0 Å². The first-order chi connectivity index (χ1) is 8.41. The Morgan fingerprint density at radius 1 is 1.22 bits per heavy atom. The van der Waals surface area contributed by atoms with Crippen molar-refractivity contribution in [1.29, 1.82) is 0 Å². The molecule has 0 heterocycles. The molecule has 0 saturated carbocycles. The number of carbonyl (C=O) groups is 1. The van der Waals surface area contributed by atoms with E-state index in [4.69, 9.17) is 4.74 Å². The molecule has 2 nitrogen and oxygen atoms in total. The lowest BCUT2D eigenvalue weighted by Gasteiger charge is -2.14. The van der Waals surface area contributed by atoms with Crippen LogP contribution in [0.3, 0.4) is 0 Å². The Bertz CT molecular complexity index is 396. The van der Waals surface area contributed by atoms with Crippen LogP contribution in [-0.4, -0.2) is 18.5 Å². The lowest BCUT2D eigenvalue weighted by Crippen LogP contribution is -2.19. The van der Waals surface area contributed by atoms with Gasteiger partial charge in [-0.05, 0) is 31.4 Å². The van der Waals surface area contributed by atoms with E-state index in [9.17, 15) is 13.6 Å². The highest BCUT2D eigenvalue weighted by Gasteiger charge is 2.18.